The van der Waals surface area contributed by atoms with Crippen molar-refractivity contribution in [2.24, 2.45) is 0 Å². The van der Waals surface area contributed by atoms with Gasteiger partial charge in [-0.25, -0.2) is 14.8 Å². The predicted molar refractivity (Wildman–Crippen MR) is 154 cm³/mol. The first kappa shape index (κ1) is 32.5. The molecule has 2 aromatic rings. The molecule has 0 aliphatic carbocycles. The van der Waals surface area contributed by atoms with E-state index in [-0.39, 0.29) is 63.6 Å². The lowest BCUT2D eigenvalue weighted by atomic mass is 10.1. The Bertz CT molecular complexity index is 1240. The summed E-state index contributed by atoms with van der Waals surface area (Å²) in [4.78, 5) is 63.8. The molecule has 1 aliphatic heterocycles. The summed E-state index contributed by atoms with van der Waals surface area (Å²) < 4.78 is 10.5. The lowest BCUT2D eigenvalue weighted by molar-refractivity contribution is -0.155. The second-order valence-corrected chi connectivity index (χ2v) is 11.1. The molecule has 0 bridgehead atoms. The van der Waals surface area contributed by atoms with E-state index in [0.29, 0.717) is 17.1 Å². The van der Waals surface area contributed by atoms with Crippen molar-refractivity contribution in [1.82, 2.24) is 25.1 Å². The number of ether oxygens (including phenoxy) is 2. The standard InChI is InChI=1S/C30H41N5O7/c1-6-41-29(40)35-16-14-34(15-17-35)28(39)23(12-13-25(37)42-30(3,4)5)33-27(38)24-19-22(18-20(2)36)31-26(32-24)21-10-8-7-9-11-21/h7-11,19-20,23,36H,6,12-18H2,1-5H3,(H,33,38)/t20-,23?/m0/s1. The van der Waals surface area contributed by atoms with E-state index in [9.17, 15) is 24.3 Å². The fourth-order valence-corrected chi connectivity index (χ4v) is 4.43. The van der Waals surface area contributed by atoms with Gasteiger partial charge in [0, 0.05) is 50.3 Å². The van der Waals surface area contributed by atoms with Gasteiger partial charge in [0.25, 0.3) is 5.91 Å². The molecule has 1 aromatic heterocycles. The monoisotopic (exact) mass is 583 g/mol. The summed E-state index contributed by atoms with van der Waals surface area (Å²) in [5.41, 5.74) is 0.492. The van der Waals surface area contributed by atoms with Crippen molar-refractivity contribution in [2.45, 2.75) is 71.6 Å². The average molecular weight is 584 g/mol. The van der Waals surface area contributed by atoms with Gasteiger partial charge in [0.2, 0.25) is 5.91 Å². The van der Waals surface area contributed by atoms with Crippen LogP contribution in [0, 0.1) is 0 Å². The molecular weight excluding hydrogens is 542 g/mol. The fourth-order valence-electron chi connectivity index (χ4n) is 4.43. The third-order valence-corrected chi connectivity index (χ3v) is 6.33. The van der Waals surface area contributed by atoms with Gasteiger partial charge in [-0.2, -0.15) is 0 Å². The van der Waals surface area contributed by atoms with Gasteiger partial charge in [0.1, 0.15) is 17.3 Å². The normalized spacial score (nSPS) is 15.0. The van der Waals surface area contributed by atoms with E-state index in [1.807, 2.05) is 30.3 Å². The minimum Gasteiger partial charge on any atom is -0.460 e. The van der Waals surface area contributed by atoms with E-state index >= 15 is 0 Å². The van der Waals surface area contributed by atoms with Crippen molar-refractivity contribution in [3.8, 4) is 11.4 Å². The number of aliphatic hydroxyl groups is 1. The Kier molecular flexibility index (Phi) is 11.4. The van der Waals surface area contributed by atoms with Gasteiger partial charge in [0.15, 0.2) is 5.82 Å². The summed E-state index contributed by atoms with van der Waals surface area (Å²) in [6, 6.07) is 9.57. The van der Waals surface area contributed by atoms with Crippen LogP contribution in [0.2, 0.25) is 0 Å². The number of piperazine rings is 1. The number of esters is 1. The molecule has 12 nitrogen and oxygen atoms in total. The molecule has 0 spiro atoms. The summed E-state index contributed by atoms with van der Waals surface area (Å²) in [5, 5.41) is 12.7. The number of carbonyl (C=O) groups excluding carboxylic acids is 4. The number of amides is 3. The van der Waals surface area contributed by atoms with Gasteiger partial charge in [-0.3, -0.25) is 14.4 Å². The smallest absolute Gasteiger partial charge is 0.409 e. The number of nitrogens with one attached hydrogen (secondary N) is 1. The Morgan fingerprint density at radius 1 is 1.02 bits per heavy atom. The van der Waals surface area contributed by atoms with Gasteiger partial charge >= 0.3 is 12.1 Å². The molecule has 0 saturated carbocycles. The Labute approximate surface area is 246 Å². The number of benzene rings is 1. The van der Waals surface area contributed by atoms with Crippen molar-refractivity contribution < 1.29 is 33.8 Å². The molecule has 1 aliphatic rings. The van der Waals surface area contributed by atoms with Gasteiger partial charge in [-0.1, -0.05) is 30.3 Å². The molecule has 228 valence electrons. The van der Waals surface area contributed by atoms with Crippen molar-refractivity contribution in [3.63, 3.8) is 0 Å². The molecule has 42 heavy (non-hydrogen) atoms. The van der Waals surface area contributed by atoms with Crippen LogP contribution in [0.15, 0.2) is 36.4 Å². The third kappa shape index (κ3) is 9.79. The first-order valence-corrected chi connectivity index (χ1v) is 14.2. The topological polar surface area (TPSA) is 151 Å². The molecule has 3 amide bonds. The van der Waals surface area contributed by atoms with E-state index in [0.717, 1.165) is 0 Å². The van der Waals surface area contributed by atoms with Gasteiger partial charge in [0.05, 0.1) is 12.7 Å². The maximum absolute atomic E-state index is 13.6. The van der Waals surface area contributed by atoms with E-state index in [2.05, 4.69) is 15.3 Å². The van der Waals surface area contributed by atoms with Crippen LogP contribution in [0.4, 0.5) is 4.79 Å². The lowest BCUT2D eigenvalue weighted by Gasteiger charge is -2.36. The first-order valence-electron chi connectivity index (χ1n) is 14.2. The second-order valence-electron chi connectivity index (χ2n) is 11.1. The van der Waals surface area contributed by atoms with Crippen LogP contribution in [-0.4, -0.2) is 99.3 Å². The van der Waals surface area contributed by atoms with Crippen LogP contribution in [0.25, 0.3) is 11.4 Å². The molecule has 1 aromatic carbocycles. The number of hydrogen-bond donors (Lipinski definition) is 2. The molecule has 12 heteroatoms. The molecule has 1 fully saturated rings. The SMILES string of the molecule is CCOC(=O)N1CCN(C(=O)C(CCC(=O)OC(C)(C)C)NC(=O)c2cc(C[C@H](C)O)nc(-c3ccccc3)n2)CC1. The van der Waals surface area contributed by atoms with Crippen LogP contribution in [0.3, 0.4) is 0 Å². The van der Waals surface area contributed by atoms with Crippen LogP contribution >= 0.6 is 0 Å². The van der Waals surface area contributed by atoms with Crippen LogP contribution < -0.4 is 5.32 Å². The number of hydrogen-bond acceptors (Lipinski definition) is 9. The maximum Gasteiger partial charge on any atom is 0.409 e. The van der Waals surface area contributed by atoms with Crippen molar-refractivity contribution in [1.29, 1.82) is 0 Å². The average Bonchev–Trinajstić information content (AvgIpc) is 2.94. The molecule has 1 unspecified atom stereocenters. The Hall–Kier alpha value is -4.06. The molecule has 3 rings (SSSR count). The minimum absolute atomic E-state index is 0.00867. The number of rotatable bonds is 10. The molecule has 2 heterocycles. The van der Waals surface area contributed by atoms with Gasteiger partial charge < -0.3 is 29.7 Å². The zero-order valence-corrected chi connectivity index (χ0v) is 25.0. The van der Waals surface area contributed by atoms with Gasteiger partial charge in [-0.05, 0) is 47.1 Å². The summed E-state index contributed by atoms with van der Waals surface area (Å²) >= 11 is 0. The number of aromatic nitrogens is 2. The van der Waals surface area contributed by atoms with Crippen molar-refractivity contribution in [3.05, 3.63) is 47.8 Å². The fraction of sp³-hybridized carbons (Fsp3) is 0.533. The highest BCUT2D eigenvalue weighted by molar-refractivity contribution is 5.96. The Balaban J connectivity index is 1.82. The predicted octanol–water partition coefficient (Wildman–Crippen LogP) is 2.59. The number of nitrogens with zero attached hydrogens (tertiary/aromatic N) is 4. The Morgan fingerprint density at radius 2 is 1.67 bits per heavy atom. The molecule has 2 N–H and O–H groups in total. The van der Waals surface area contributed by atoms with E-state index in [4.69, 9.17) is 9.47 Å². The maximum atomic E-state index is 13.6. The number of carbonyl (C=O) groups is 4. The largest absolute Gasteiger partial charge is 0.460 e. The van der Waals surface area contributed by atoms with Crippen LogP contribution in [-0.2, 0) is 25.5 Å². The highest BCUT2D eigenvalue weighted by Crippen LogP contribution is 2.18. The summed E-state index contributed by atoms with van der Waals surface area (Å²) in [6.07, 6.45) is -1.02. The lowest BCUT2D eigenvalue weighted by Crippen LogP contribution is -2.56. The van der Waals surface area contributed by atoms with E-state index in [1.54, 1.807) is 39.5 Å². The molecule has 1 saturated heterocycles. The van der Waals surface area contributed by atoms with E-state index in [1.165, 1.54) is 11.0 Å². The third-order valence-electron chi connectivity index (χ3n) is 6.33. The zero-order valence-electron chi connectivity index (χ0n) is 25.0. The summed E-state index contributed by atoms with van der Waals surface area (Å²) in [6.45, 7) is 9.93. The minimum atomic E-state index is -1.05. The zero-order chi connectivity index (χ0) is 30.9. The van der Waals surface area contributed by atoms with Crippen LogP contribution in [0.1, 0.15) is 63.6 Å². The number of aliphatic hydroxyl groups excluding tert-OH is 1. The van der Waals surface area contributed by atoms with Crippen LogP contribution in [0.5, 0.6) is 0 Å². The molecule has 0 radical (unpaired) electrons. The highest BCUT2D eigenvalue weighted by atomic mass is 16.6. The Morgan fingerprint density at radius 3 is 2.26 bits per heavy atom. The summed E-state index contributed by atoms with van der Waals surface area (Å²) in [5.74, 6) is -1.17. The van der Waals surface area contributed by atoms with Crippen molar-refractivity contribution >= 4 is 23.9 Å². The highest BCUT2D eigenvalue weighted by Gasteiger charge is 2.32. The quantitative estimate of drug-likeness (QED) is 0.402. The van der Waals surface area contributed by atoms with E-state index < -0.39 is 35.7 Å². The summed E-state index contributed by atoms with van der Waals surface area (Å²) in [7, 11) is 0. The van der Waals surface area contributed by atoms with Gasteiger partial charge in [-0.15, -0.1) is 0 Å². The first-order chi connectivity index (χ1) is 19.9. The van der Waals surface area contributed by atoms with Crippen molar-refractivity contribution in [2.75, 3.05) is 32.8 Å². The molecule has 2 atom stereocenters. The molecular formula is C30H41N5O7. The second kappa shape index (κ2) is 14.7.